The molecule has 0 saturated carbocycles. The highest BCUT2D eigenvalue weighted by Gasteiger charge is 2.23. The number of anilines is 1. The number of methoxy groups -OCH3 is 1. The van der Waals surface area contributed by atoms with E-state index in [2.05, 4.69) is 6.07 Å². The summed E-state index contributed by atoms with van der Waals surface area (Å²) >= 11 is 0. The van der Waals surface area contributed by atoms with Crippen molar-refractivity contribution in [3.8, 4) is 11.8 Å². The summed E-state index contributed by atoms with van der Waals surface area (Å²) in [6.07, 6.45) is -1.69. The van der Waals surface area contributed by atoms with Gasteiger partial charge in [-0.15, -0.1) is 0 Å². The van der Waals surface area contributed by atoms with Crippen LogP contribution < -0.4 is 9.64 Å². The van der Waals surface area contributed by atoms with Gasteiger partial charge in [-0.05, 0) is 55.8 Å². The molecule has 29 heavy (non-hydrogen) atoms. The summed E-state index contributed by atoms with van der Waals surface area (Å²) < 4.78 is 30.1. The van der Waals surface area contributed by atoms with Crippen molar-refractivity contribution < 1.29 is 23.7 Å². The van der Waals surface area contributed by atoms with Gasteiger partial charge in [0.2, 0.25) is 0 Å². The molecule has 6 nitrogen and oxygen atoms in total. The van der Waals surface area contributed by atoms with E-state index in [0.29, 0.717) is 30.9 Å². The quantitative estimate of drug-likeness (QED) is 0.580. The molecule has 156 valence electrons. The Morgan fingerprint density at radius 3 is 2.28 bits per heavy atom. The fourth-order valence-corrected chi connectivity index (χ4v) is 2.95. The lowest BCUT2D eigenvalue weighted by molar-refractivity contribution is -0.186. The van der Waals surface area contributed by atoms with E-state index in [-0.39, 0.29) is 12.3 Å². The van der Waals surface area contributed by atoms with Crippen molar-refractivity contribution in [1.29, 1.82) is 5.26 Å². The number of hydrogen-bond donors (Lipinski definition) is 1. The first-order valence-electron chi connectivity index (χ1n) is 9.51. The van der Waals surface area contributed by atoms with E-state index < -0.39 is 18.2 Å². The molecule has 2 aromatic rings. The molecule has 2 rings (SSSR count). The van der Waals surface area contributed by atoms with E-state index in [9.17, 15) is 9.50 Å². The number of aliphatic hydroxyl groups excluding tert-OH is 1. The number of halogens is 1. The summed E-state index contributed by atoms with van der Waals surface area (Å²) in [6, 6.07) is 13.8. The van der Waals surface area contributed by atoms with Crippen LogP contribution in [0.5, 0.6) is 5.75 Å². The van der Waals surface area contributed by atoms with Crippen molar-refractivity contribution in [2.75, 3.05) is 31.8 Å². The number of rotatable bonds is 11. The van der Waals surface area contributed by atoms with Crippen molar-refractivity contribution in [3.63, 3.8) is 0 Å². The molecule has 0 aromatic heterocycles. The highest BCUT2D eigenvalue weighted by Crippen LogP contribution is 2.23. The smallest absolute Gasteiger partial charge is 0.185 e. The van der Waals surface area contributed by atoms with Gasteiger partial charge in [0.05, 0.1) is 18.7 Å². The first-order chi connectivity index (χ1) is 14.0. The van der Waals surface area contributed by atoms with E-state index in [1.54, 1.807) is 36.4 Å². The van der Waals surface area contributed by atoms with E-state index in [1.807, 2.05) is 18.7 Å². The standard InChI is InChI=1S/C22H27FN2O4/c1-4-28-22(29-5-2)20(26)15-25(18-9-6-16(13-24)7-10-18)14-17-8-11-21(27-3)19(23)12-17/h6-12,20,22,26H,4-5,14-15H2,1-3H3. The summed E-state index contributed by atoms with van der Waals surface area (Å²) in [5.41, 5.74) is 2.03. The van der Waals surface area contributed by atoms with Crippen molar-refractivity contribution in [1.82, 2.24) is 0 Å². The van der Waals surface area contributed by atoms with Crippen LogP contribution in [0.2, 0.25) is 0 Å². The van der Waals surface area contributed by atoms with Gasteiger partial charge in [-0.1, -0.05) is 6.07 Å². The minimum Gasteiger partial charge on any atom is -0.494 e. The lowest BCUT2D eigenvalue weighted by Gasteiger charge is -2.31. The zero-order valence-corrected chi connectivity index (χ0v) is 17.0. The molecular weight excluding hydrogens is 375 g/mol. The largest absolute Gasteiger partial charge is 0.494 e. The molecule has 0 amide bonds. The molecule has 1 unspecified atom stereocenters. The summed E-state index contributed by atoms with van der Waals surface area (Å²) in [5, 5.41) is 19.7. The van der Waals surface area contributed by atoms with Crippen LogP contribution in [0.25, 0.3) is 0 Å². The third kappa shape index (κ3) is 6.43. The maximum absolute atomic E-state index is 14.1. The maximum Gasteiger partial charge on any atom is 0.185 e. The molecule has 2 aromatic carbocycles. The molecule has 7 heteroatoms. The second-order valence-corrected chi connectivity index (χ2v) is 6.35. The summed E-state index contributed by atoms with van der Waals surface area (Å²) in [4.78, 5) is 1.89. The average Bonchev–Trinajstić information content (AvgIpc) is 2.73. The van der Waals surface area contributed by atoms with Gasteiger partial charge in [-0.2, -0.15) is 5.26 Å². The first-order valence-corrected chi connectivity index (χ1v) is 9.51. The normalized spacial score (nSPS) is 11.9. The molecular formula is C22H27FN2O4. The molecule has 0 aliphatic rings. The van der Waals surface area contributed by atoms with Gasteiger partial charge in [-0.3, -0.25) is 0 Å². The maximum atomic E-state index is 14.1. The zero-order valence-electron chi connectivity index (χ0n) is 17.0. The van der Waals surface area contributed by atoms with E-state index in [1.165, 1.54) is 13.2 Å². The van der Waals surface area contributed by atoms with Gasteiger partial charge in [0, 0.05) is 32.0 Å². The predicted molar refractivity (Wildman–Crippen MR) is 108 cm³/mol. The monoisotopic (exact) mass is 402 g/mol. The minimum atomic E-state index is -0.923. The van der Waals surface area contributed by atoms with Crippen LogP contribution in [0.4, 0.5) is 10.1 Å². The lowest BCUT2D eigenvalue weighted by atomic mass is 10.1. The van der Waals surface area contributed by atoms with E-state index in [0.717, 1.165) is 5.69 Å². The van der Waals surface area contributed by atoms with Crippen molar-refractivity contribution in [3.05, 3.63) is 59.4 Å². The fraction of sp³-hybridized carbons (Fsp3) is 0.409. The Kier molecular flexibility index (Phi) is 8.87. The highest BCUT2D eigenvalue weighted by atomic mass is 19.1. The Bertz CT molecular complexity index is 801. The Balaban J connectivity index is 2.27. The van der Waals surface area contributed by atoms with Gasteiger partial charge in [0.25, 0.3) is 0 Å². The van der Waals surface area contributed by atoms with Crippen LogP contribution in [0, 0.1) is 17.1 Å². The number of nitrogens with zero attached hydrogens (tertiary/aromatic N) is 2. The number of nitriles is 1. The molecule has 0 aliphatic carbocycles. The number of ether oxygens (including phenoxy) is 3. The minimum absolute atomic E-state index is 0.173. The number of benzene rings is 2. The summed E-state index contributed by atoms with van der Waals surface area (Å²) in [7, 11) is 1.42. The molecule has 0 spiro atoms. The summed E-state index contributed by atoms with van der Waals surface area (Å²) in [6.45, 7) is 5.01. The highest BCUT2D eigenvalue weighted by molar-refractivity contribution is 5.50. The summed E-state index contributed by atoms with van der Waals surface area (Å²) in [5.74, 6) is -0.279. The van der Waals surface area contributed by atoms with Gasteiger partial charge in [0.1, 0.15) is 6.10 Å². The molecule has 0 heterocycles. The SMILES string of the molecule is CCOC(OCC)C(O)CN(Cc1ccc(OC)c(F)c1)c1ccc(C#N)cc1. The molecule has 0 aliphatic heterocycles. The third-order valence-electron chi connectivity index (χ3n) is 4.33. The van der Waals surface area contributed by atoms with E-state index in [4.69, 9.17) is 19.5 Å². The van der Waals surface area contributed by atoms with Gasteiger partial charge < -0.3 is 24.2 Å². The fourth-order valence-electron chi connectivity index (χ4n) is 2.95. The number of hydrogen-bond acceptors (Lipinski definition) is 6. The zero-order chi connectivity index (χ0) is 21.2. The van der Waals surface area contributed by atoms with Crippen LogP contribution in [-0.4, -0.2) is 44.4 Å². The number of aliphatic hydroxyl groups is 1. The molecule has 0 fully saturated rings. The average molecular weight is 402 g/mol. The van der Waals surface area contributed by atoms with Gasteiger partial charge in [-0.25, -0.2) is 4.39 Å². The molecule has 1 N–H and O–H groups in total. The van der Waals surface area contributed by atoms with Crippen LogP contribution >= 0.6 is 0 Å². The van der Waals surface area contributed by atoms with Crippen molar-refractivity contribution in [2.24, 2.45) is 0 Å². The Morgan fingerprint density at radius 1 is 1.10 bits per heavy atom. The molecule has 0 bridgehead atoms. The van der Waals surface area contributed by atoms with Gasteiger partial charge in [0.15, 0.2) is 17.9 Å². The molecule has 0 saturated heterocycles. The third-order valence-corrected chi connectivity index (χ3v) is 4.33. The van der Waals surface area contributed by atoms with Crippen LogP contribution in [-0.2, 0) is 16.0 Å². The molecule has 0 radical (unpaired) electrons. The van der Waals surface area contributed by atoms with Crippen molar-refractivity contribution in [2.45, 2.75) is 32.8 Å². The second kappa shape index (κ2) is 11.4. The lowest BCUT2D eigenvalue weighted by Crippen LogP contribution is -2.41. The molecule has 1 atom stereocenters. The van der Waals surface area contributed by atoms with Crippen LogP contribution in [0.15, 0.2) is 42.5 Å². The Hall–Kier alpha value is -2.66. The van der Waals surface area contributed by atoms with E-state index >= 15 is 0 Å². The first kappa shape index (κ1) is 22.6. The van der Waals surface area contributed by atoms with Gasteiger partial charge >= 0.3 is 0 Å². The topological polar surface area (TPSA) is 74.9 Å². The van der Waals surface area contributed by atoms with Crippen LogP contribution in [0.3, 0.4) is 0 Å². The predicted octanol–water partition coefficient (Wildman–Crippen LogP) is 3.47. The van der Waals surface area contributed by atoms with Crippen molar-refractivity contribution >= 4 is 5.69 Å². The second-order valence-electron chi connectivity index (χ2n) is 6.35. The Morgan fingerprint density at radius 2 is 1.76 bits per heavy atom. The van der Waals surface area contributed by atoms with Crippen LogP contribution in [0.1, 0.15) is 25.0 Å². The Labute approximate surface area is 171 Å².